The Balaban J connectivity index is 0. The molecule has 1 rings (SSSR count). The Morgan fingerprint density at radius 1 is 1.50 bits per heavy atom. The first-order valence-corrected chi connectivity index (χ1v) is 3.87. The smallest absolute Gasteiger partial charge is 0.0674 e. The molecule has 1 aliphatic heterocycles. The number of nitrogens with two attached hydrogens (primary N) is 1. The molecule has 0 radical (unpaired) electrons. The van der Waals surface area contributed by atoms with E-state index in [1.165, 1.54) is 0 Å². The zero-order chi connectivity index (χ0) is 7.40. The van der Waals surface area contributed by atoms with E-state index in [1.54, 1.807) is 0 Å². The summed E-state index contributed by atoms with van der Waals surface area (Å²) in [5, 5.41) is 0. The van der Waals surface area contributed by atoms with Gasteiger partial charge < -0.3 is 44.4 Å². The number of halogens is 2. The summed E-state index contributed by atoms with van der Waals surface area (Å²) in [5.41, 5.74) is 5.42. The Hall–Kier alpha value is 0.840. The lowest BCUT2D eigenvalue weighted by Gasteiger charge is -2.30. The summed E-state index contributed by atoms with van der Waals surface area (Å²) in [6.45, 7) is 6.81. The molecule has 0 aromatic rings. The molecule has 0 aromatic carbocycles. The fourth-order valence-corrected chi connectivity index (χ4v) is 1.28. The van der Waals surface area contributed by atoms with Crippen LogP contribution in [-0.2, 0) is 4.74 Å². The molecule has 1 unspecified atom stereocenters. The van der Waals surface area contributed by atoms with Crippen LogP contribution in [0.5, 0.6) is 0 Å². The standard InChI is InChI=1S/C7H16N2O.2BrH/c1-7-6-9(3-2-8)4-5-10-7;;/h7H,2-6,8H2,1H3;2*1H/p-2. The van der Waals surface area contributed by atoms with Gasteiger partial charge in [0, 0.05) is 26.2 Å². The molecule has 0 aromatic heterocycles. The number of morpholine rings is 1. The Labute approximate surface area is 95.2 Å². The first-order chi connectivity index (χ1) is 4.83. The molecule has 0 spiro atoms. The quantitative estimate of drug-likeness (QED) is 0.552. The van der Waals surface area contributed by atoms with E-state index in [4.69, 9.17) is 10.5 Å². The van der Waals surface area contributed by atoms with Crippen LogP contribution in [0.3, 0.4) is 0 Å². The van der Waals surface area contributed by atoms with Gasteiger partial charge in [0.2, 0.25) is 0 Å². The van der Waals surface area contributed by atoms with Crippen molar-refractivity contribution in [3.8, 4) is 0 Å². The van der Waals surface area contributed by atoms with E-state index in [2.05, 4.69) is 11.8 Å². The molecule has 0 bridgehead atoms. The van der Waals surface area contributed by atoms with Gasteiger partial charge in [-0.15, -0.1) is 0 Å². The molecule has 1 saturated heterocycles. The lowest BCUT2D eigenvalue weighted by molar-refractivity contribution is -0.0170. The molecule has 1 fully saturated rings. The Morgan fingerprint density at radius 3 is 2.67 bits per heavy atom. The van der Waals surface area contributed by atoms with Gasteiger partial charge in [-0.3, -0.25) is 4.90 Å². The first-order valence-electron chi connectivity index (χ1n) is 3.87. The van der Waals surface area contributed by atoms with Crippen LogP contribution in [-0.4, -0.2) is 43.8 Å². The zero-order valence-electron chi connectivity index (χ0n) is 7.30. The summed E-state index contributed by atoms with van der Waals surface area (Å²) < 4.78 is 5.37. The number of hydrogen-bond acceptors (Lipinski definition) is 3. The van der Waals surface area contributed by atoms with Gasteiger partial charge in [0.25, 0.3) is 0 Å². The number of rotatable bonds is 2. The molecule has 1 aliphatic rings. The topological polar surface area (TPSA) is 38.5 Å². The highest BCUT2D eigenvalue weighted by Gasteiger charge is 2.14. The summed E-state index contributed by atoms with van der Waals surface area (Å²) >= 11 is 0. The second-order valence-corrected chi connectivity index (χ2v) is 2.77. The molecule has 2 N–H and O–H groups in total. The molecule has 1 heterocycles. The minimum atomic E-state index is 0. The SMILES string of the molecule is CC1CN(CCN)CCO1.[Br-].[Br-]. The van der Waals surface area contributed by atoms with Crippen molar-refractivity contribution < 1.29 is 38.7 Å². The highest BCUT2D eigenvalue weighted by atomic mass is 79.9. The van der Waals surface area contributed by atoms with Crippen molar-refractivity contribution in [2.24, 2.45) is 5.73 Å². The van der Waals surface area contributed by atoms with Crippen LogP contribution < -0.4 is 39.7 Å². The van der Waals surface area contributed by atoms with Gasteiger partial charge in [-0.25, -0.2) is 0 Å². The molecule has 3 nitrogen and oxygen atoms in total. The maximum absolute atomic E-state index is 5.42. The van der Waals surface area contributed by atoms with Gasteiger partial charge in [0.05, 0.1) is 12.7 Å². The Bertz CT molecular complexity index is 103. The Kier molecular flexibility index (Phi) is 10.8. The number of hydrogen-bond donors (Lipinski definition) is 1. The normalized spacial score (nSPS) is 24.0. The van der Waals surface area contributed by atoms with Crippen molar-refractivity contribution in [2.75, 3.05) is 32.8 Å². The fraction of sp³-hybridized carbons (Fsp3) is 1.00. The van der Waals surface area contributed by atoms with Crippen molar-refractivity contribution in [3.63, 3.8) is 0 Å². The lowest BCUT2D eigenvalue weighted by Crippen LogP contribution is -3.00. The zero-order valence-corrected chi connectivity index (χ0v) is 10.5. The predicted molar refractivity (Wildman–Crippen MR) is 40.9 cm³/mol. The third-order valence-electron chi connectivity index (χ3n) is 1.77. The van der Waals surface area contributed by atoms with Crippen molar-refractivity contribution in [2.45, 2.75) is 13.0 Å². The molecule has 76 valence electrons. The maximum Gasteiger partial charge on any atom is 0.0674 e. The van der Waals surface area contributed by atoms with Crippen molar-refractivity contribution >= 4 is 0 Å². The predicted octanol–water partition coefficient (Wildman–Crippen LogP) is -6.33. The monoisotopic (exact) mass is 302 g/mol. The molecule has 12 heavy (non-hydrogen) atoms. The van der Waals surface area contributed by atoms with Gasteiger partial charge in [0.15, 0.2) is 0 Å². The molecular formula is C7H16Br2N2O-2. The number of ether oxygens (including phenoxy) is 1. The summed E-state index contributed by atoms with van der Waals surface area (Å²) in [4.78, 5) is 2.34. The van der Waals surface area contributed by atoms with Crippen LogP contribution in [0.4, 0.5) is 0 Å². The third kappa shape index (κ3) is 5.48. The maximum atomic E-state index is 5.42. The first kappa shape index (κ1) is 15.3. The van der Waals surface area contributed by atoms with Gasteiger partial charge in [-0.05, 0) is 6.92 Å². The molecule has 0 aliphatic carbocycles. The highest BCUT2D eigenvalue weighted by molar-refractivity contribution is 4.67. The molecule has 0 saturated carbocycles. The van der Waals surface area contributed by atoms with Gasteiger partial charge in [0.1, 0.15) is 0 Å². The van der Waals surface area contributed by atoms with Crippen LogP contribution in [0.15, 0.2) is 0 Å². The van der Waals surface area contributed by atoms with Crippen molar-refractivity contribution in [1.82, 2.24) is 4.90 Å². The van der Waals surface area contributed by atoms with E-state index in [1.807, 2.05) is 0 Å². The van der Waals surface area contributed by atoms with Crippen molar-refractivity contribution in [3.05, 3.63) is 0 Å². The van der Waals surface area contributed by atoms with Gasteiger partial charge >= 0.3 is 0 Å². The van der Waals surface area contributed by atoms with Gasteiger partial charge in [-0.2, -0.15) is 0 Å². The summed E-state index contributed by atoms with van der Waals surface area (Å²) in [6.07, 6.45) is 0.389. The van der Waals surface area contributed by atoms with E-state index in [0.29, 0.717) is 6.10 Å². The minimum Gasteiger partial charge on any atom is -1.00 e. The van der Waals surface area contributed by atoms with Gasteiger partial charge in [-0.1, -0.05) is 0 Å². The average molecular weight is 304 g/mol. The summed E-state index contributed by atoms with van der Waals surface area (Å²) in [7, 11) is 0. The fourth-order valence-electron chi connectivity index (χ4n) is 1.28. The Morgan fingerprint density at radius 2 is 2.17 bits per heavy atom. The largest absolute Gasteiger partial charge is 1.00 e. The van der Waals surface area contributed by atoms with Crippen LogP contribution >= 0.6 is 0 Å². The van der Waals surface area contributed by atoms with Crippen LogP contribution in [0.1, 0.15) is 6.92 Å². The summed E-state index contributed by atoms with van der Waals surface area (Å²) in [5.74, 6) is 0. The average Bonchev–Trinajstić information content (AvgIpc) is 1.88. The molecular weight excluding hydrogens is 288 g/mol. The lowest BCUT2D eigenvalue weighted by atomic mass is 10.3. The third-order valence-corrected chi connectivity index (χ3v) is 1.77. The van der Waals surface area contributed by atoms with E-state index in [0.717, 1.165) is 32.8 Å². The second-order valence-electron chi connectivity index (χ2n) is 2.77. The van der Waals surface area contributed by atoms with Crippen molar-refractivity contribution in [1.29, 1.82) is 0 Å². The minimum absolute atomic E-state index is 0. The number of nitrogens with zero attached hydrogens (tertiary/aromatic N) is 1. The molecule has 1 atom stereocenters. The van der Waals surface area contributed by atoms with E-state index < -0.39 is 0 Å². The van der Waals surface area contributed by atoms with E-state index in [9.17, 15) is 0 Å². The second kappa shape index (κ2) is 8.44. The van der Waals surface area contributed by atoms with Crippen LogP contribution in [0.25, 0.3) is 0 Å². The van der Waals surface area contributed by atoms with E-state index in [-0.39, 0.29) is 34.0 Å². The van der Waals surface area contributed by atoms with E-state index >= 15 is 0 Å². The highest BCUT2D eigenvalue weighted by Crippen LogP contribution is 2.02. The van der Waals surface area contributed by atoms with Crippen LogP contribution in [0.2, 0.25) is 0 Å². The molecule has 0 amide bonds. The van der Waals surface area contributed by atoms with Crippen LogP contribution in [0, 0.1) is 0 Å². The molecule has 5 heteroatoms. The summed E-state index contributed by atoms with van der Waals surface area (Å²) in [6, 6.07) is 0.